The van der Waals surface area contributed by atoms with Crippen molar-refractivity contribution in [3.8, 4) is 0 Å². The topological polar surface area (TPSA) is 104 Å². The summed E-state index contributed by atoms with van der Waals surface area (Å²) < 4.78 is 5.94. The van der Waals surface area contributed by atoms with Gasteiger partial charge in [0.15, 0.2) is 0 Å². The Kier molecular flexibility index (Phi) is 13.6. The summed E-state index contributed by atoms with van der Waals surface area (Å²) in [7, 11) is 2.23. The summed E-state index contributed by atoms with van der Waals surface area (Å²) in [6, 6.07) is 2.35. The van der Waals surface area contributed by atoms with Gasteiger partial charge in [-0.05, 0) is 94.4 Å². The minimum Gasteiger partial charge on any atom is -0.381 e. The predicted molar refractivity (Wildman–Crippen MR) is 208 cm³/mol. The molecule has 0 aromatic carbocycles. The van der Waals surface area contributed by atoms with E-state index in [2.05, 4.69) is 106 Å². The molecule has 0 bridgehead atoms. The first-order chi connectivity index (χ1) is 24.2. The molecule has 2 amide bonds. The van der Waals surface area contributed by atoms with E-state index >= 15 is 0 Å². The number of likely N-dealkylation sites (tertiary alicyclic amines) is 1. The molecule has 3 aliphatic rings. The van der Waals surface area contributed by atoms with E-state index in [1.165, 1.54) is 0 Å². The van der Waals surface area contributed by atoms with Crippen molar-refractivity contribution in [2.24, 2.45) is 5.92 Å². The number of nitrogens with one attached hydrogen (secondary N) is 2. The number of aryl methyl sites for hydroxylation is 1. The smallest absolute Gasteiger partial charge is 0.256 e. The van der Waals surface area contributed by atoms with Gasteiger partial charge >= 0.3 is 0 Å². The maximum Gasteiger partial charge on any atom is 0.256 e. The van der Waals surface area contributed by atoms with Crippen LogP contribution in [-0.4, -0.2) is 88.4 Å². The maximum absolute atomic E-state index is 14.0. The number of quaternary nitrogens is 1. The van der Waals surface area contributed by atoms with Crippen LogP contribution in [0.5, 0.6) is 0 Å². The highest BCUT2D eigenvalue weighted by atomic mass is 16.5. The number of aliphatic hydroxyl groups is 1. The van der Waals surface area contributed by atoms with Crippen molar-refractivity contribution in [3.05, 3.63) is 89.0 Å². The summed E-state index contributed by atoms with van der Waals surface area (Å²) in [6.45, 7) is 22.8. The van der Waals surface area contributed by atoms with Crippen LogP contribution in [0, 0.1) is 12.8 Å². The van der Waals surface area contributed by atoms with E-state index in [9.17, 15) is 14.7 Å². The van der Waals surface area contributed by atoms with E-state index in [4.69, 9.17) is 4.74 Å². The molecule has 51 heavy (non-hydrogen) atoms. The third-order valence-corrected chi connectivity index (χ3v) is 11.6. The molecule has 0 aliphatic carbocycles. The number of hydrogen-bond donors (Lipinski definition) is 3. The van der Waals surface area contributed by atoms with E-state index < -0.39 is 5.60 Å². The molecule has 4 heterocycles. The van der Waals surface area contributed by atoms with Crippen LogP contribution < -0.4 is 10.6 Å². The zero-order valence-electron chi connectivity index (χ0n) is 32.5. The highest BCUT2D eigenvalue weighted by molar-refractivity contribution is 6.04. The van der Waals surface area contributed by atoms with Crippen LogP contribution in [-0.2, 0) is 14.3 Å². The van der Waals surface area contributed by atoms with Crippen LogP contribution in [0.2, 0.25) is 0 Å². The van der Waals surface area contributed by atoms with E-state index in [0.29, 0.717) is 59.3 Å². The summed E-state index contributed by atoms with van der Waals surface area (Å²) >= 11 is 0. The molecule has 0 radical (unpaired) electrons. The lowest BCUT2D eigenvalue weighted by molar-refractivity contribution is -0.908. The van der Waals surface area contributed by atoms with Gasteiger partial charge in [-0.2, -0.15) is 0 Å². The van der Waals surface area contributed by atoms with Gasteiger partial charge in [0, 0.05) is 18.9 Å². The van der Waals surface area contributed by atoms with Crippen LogP contribution in [0.15, 0.2) is 83.3 Å². The number of allylic oxidation sites excluding steroid dienone is 7. The SMILES string of the molecule is C=C/C(=C\C=C(/C(C)CC)C1(O)COC1)C1=CC(C)[N+](C)(/C(CC)=C(\C)C(=O)Nc2cc(NC(=O)CN3CCCC3C)cnc2C)C(CC)C=C1. The predicted octanol–water partition coefficient (Wildman–Crippen LogP) is 7.39. The third-order valence-electron chi connectivity index (χ3n) is 11.6. The summed E-state index contributed by atoms with van der Waals surface area (Å²) in [5.74, 6) is -0.0438. The first-order valence-corrected chi connectivity index (χ1v) is 18.9. The quantitative estimate of drug-likeness (QED) is 0.106. The van der Waals surface area contributed by atoms with Crippen molar-refractivity contribution < 1.29 is 23.9 Å². The fourth-order valence-corrected chi connectivity index (χ4v) is 7.90. The third kappa shape index (κ3) is 8.88. The second-order valence-corrected chi connectivity index (χ2v) is 14.9. The fourth-order valence-electron chi connectivity index (χ4n) is 7.90. The molecule has 1 aromatic heterocycles. The first kappa shape index (κ1) is 40.1. The molecule has 0 spiro atoms. The Balaban J connectivity index is 1.61. The van der Waals surface area contributed by atoms with Gasteiger partial charge in [0.1, 0.15) is 23.4 Å². The molecule has 0 saturated carbocycles. The van der Waals surface area contributed by atoms with Gasteiger partial charge in [0.05, 0.1) is 55.6 Å². The van der Waals surface area contributed by atoms with Crippen LogP contribution in [0.3, 0.4) is 0 Å². The lowest BCUT2D eigenvalue weighted by atomic mass is 9.81. The summed E-state index contributed by atoms with van der Waals surface area (Å²) in [5.41, 5.74) is 5.65. The molecule has 278 valence electrons. The van der Waals surface area contributed by atoms with E-state index in [1.54, 1.807) is 12.3 Å². The summed E-state index contributed by atoms with van der Waals surface area (Å²) in [6.07, 6.45) is 19.1. The number of nitrogens with zero attached hydrogens (tertiary/aromatic N) is 3. The zero-order valence-corrected chi connectivity index (χ0v) is 32.5. The van der Waals surface area contributed by atoms with Crippen molar-refractivity contribution in [1.29, 1.82) is 0 Å². The fraction of sp³-hybridized carbons (Fsp3) is 0.548. The van der Waals surface area contributed by atoms with Gasteiger partial charge in [-0.3, -0.25) is 24.0 Å². The Labute approximate surface area is 306 Å². The first-order valence-electron chi connectivity index (χ1n) is 18.9. The molecule has 2 saturated heterocycles. The second kappa shape index (κ2) is 17.3. The number of rotatable bonds is 14. The maximum atomic E-state index is 14.0. The zero-order chi connectivity index (χ0) is 37.5. The number of pyridine rings is 1. The molecule has 2 fully saturated rings. The van der Waals surface area contributed by atoms with Gasteiger partial charge in [-0.15, -0.1) is 0 Å². The minimum absolute atomic E-state index is 0.0310. The molecular formula is C42H62N5O4+. The molecule has 3 aliphatic heterocycles. The van der Waals surface area contributed by atoms with Gasteiger partial charge in [0.25, 0.3) is 5.91 Å². The Hall–Kier alpha value is -3.63. The normalized spacial score (nSPS) is 26.4. The highest BCUT2D eigenvalue weighted by Crippen LogP contribution is 2.37. The molecule has 9 heteroatoms. The Bertz CT molecular complexity index is 1620. The molecular weight excluding hydrogens is 638 g/mol. The molecule has 5 atom stereocenters. The number of likely N-dealkylation sites (N-methyl/N-ethyl adjacent to an activating group) is 1. The summed E-state index contributed by atoms with van der Waals surface area (Å²) in [4.78, 5) is 33.5. The lowest BCUT2D eigenvalue weighted by Crippen LogP contribution is -2.55. The van der Waals surface area contributed by atoms with E-state index in [1.807, 2.05) is 19.9 Å². The number of carbonyl (C=O) groups excluding carboxylic acids is 2. The molecule has 9 nitrogen and oxygen atoms in total. The average molecular weight is 701 g/mol. The van der Waals surface area contributed by atoms with E-state index in [-0.39, 0.29) is 29.8 Å². The molecule has 3 N–H and O–H groups in total. The molecule has 5 unspecified atom stereocenters. The highest BCUT2D eigenvalue weighted by Gasteiger charge is 2.42. The number of hydrogen-bond acceptors (Lipinski definition) is 6. The Morgan fingerprint density at radius 2 is 1.94 bits per heavy atom. The van der Waals surface area contributed by atoms with Crippen molar-refractivity contribution in [2.75, 3.05) is 44.0 Å². The number of ether oxygens (including phenoxy) is 1. The van der Waals surface area contributed by atoms with Crippen molar-refractivity contribution in [1.82, 2.24) is 9.88 Å². The van der Waals surface area contributed by atoms with Gasteiger partial charge in [0.2, 0.25) is 5.91 Å². The van der Waals surface area contributed by atoms with Crippen LogP contribution in [0.1, 0.15) is 86.3 Å². The van der Waals surface area contributed by atoms with Crippen LogP contribution >= 0.6 is 0 Å². The van der Waals surface area contributed by atoms with Gasteiger partial charge in [-0.1, -0.05) is 58.6 Å². The average Bonchev–Trinajstić information content (AvgIpc) is 3.44. The largest absolute Gasteiger partial charge is 0.381 e. The van der Waals surface area contributed by atoms with Crippen molar-refractivity contribution >= 4 is 23.2 Å². The lowest BCUT2D eigenvalue weighted by Gasteiger charge is -2.45. The van der Waals surface area contributed by atoms with Crippen LogP contribution in [0.4, 0.5) is 11.4 Å². The number of carbonyl (C=O) groups is 2. The Morgan fingerprint density at radius 1 is 1.22 bits per heavy atom. The molecule has 4 rings (SSSR count). The molecule has 1 aromatic rings. The van der Waals surface area contributed by atoms with Crippen molar-refractivity contribution in [2.45, 2.75) is 111 Å². The van der Waals surface area contributed by atoms with E-state index in [0.717, 1.165) is 54.6 Å². The number of amides is 2. The standard InChI is InChI=1S/C42H61N5O4/c1-11-28(5)37(42(50)26-51-27-42)20-18-33(12-2)34-17-19-36(13-3)47(10,30(7)22-34)39(14-4)31(8)41(49)45-38-23-35(24-43-32(38)9)44-40(48)25-46-21-15-16-29(46)6/h12,17-20,22-24,28-30,36,50H,2,11,13-16,21,25-27H2,1,3-10H3,(H-,44,45,48,49)/p+1/b33-18+,37-20+,39-31+. The monoisotopic (exact) mass is 700 g/mol. The number of aromatic nitrogens is 1. The number of anilines is 2. The van der Waals surface area contributed by atoms with Crippen LogP contribution in [0.25, 0.3) is 0 Å². The summed E-state index contributed by atoms with van der Waals surface area (Å²) in [5, 5.41) is 17.2. The van der Waals surface area contributed by atoms with Crippen molar-refractivity contribution in [3.63, 3.8) is 0 Å². The second-order valence-electron chi connectivity index (χ2n) is 14.9. The minimum atomic E-state index is -0.920. The Morgan fingerprint density at radius 3 is 2.51 bits per heavy atom. The van der Waals surface area contributed by atoms with Gasteiger partial charge < -0.3 is 20.5 Å². The van der Waals surface area contributed by atoms with Gasteiger partial charge in [-0.25, -0.2) is 0 Å².